The monoisotopic (exact) mass is 218 g/mol. The fraction of sp³-hybridized carbons (Fsp3) is 0.100. The van der Waals surface area contributed by atoms with Crippen LogP contribution in [0.15, 0.2) is 24.5 Å². The van der Waals surface area contributed by atoms with E-state index < -0.39 is 0 Å². The minimum Gasteiger partial charge on any atom is -0.245 e. The summed E-state index contributed by atoms with van der Waals surface area (Å²) in [5.41, 5.74) is 1.98. The quantitative estimate of drug-likeness (QED) is 0.737. The molecule has 2 heterocycles. The SMILES string of the molecule is Cc1c(Cl)cnn1-c1ccnc(C#N)c1. The van der Waals surface area contributed by atoms with Crippen molar-refractivity contribution in [2.75, 3.05) is 0 Å². The number of nitrogens with zero attached hydrogens (tertiary/aromatic N) is 4. The van der Waals surface area contributed by atoms with Gasteiger partial charge in [0.25, 0.3) is 0 Å². The average Bonchev–Trinajstić information content (AvgIpc) is 2.60. The van der Waals surface area contributed by atoms with Crippen LogP contribution in [0.2, 0.25) is 5.02 Å². The van der Waals surface area contributed by atoms with Crippen LogP contribution < -0.4 is 0 Å². The largest absolute Gasteiger partial charge is 0.245 e. The van der Waals surface area contributed by atoms with Gasteiger partial charge in [0, 0.05) is 12.3 Å². The molecule has 0 N–H and O–H groups in total. The highest BCUT2D eigenvalue weighted by Gasteiger charge is 2.06. The van der Waals surface area contributed by atoms with Crippen LogP contribution in [0.25, 0.3) is 5.69 Å². The lowest BCUT2D eigenvalue weighted by atomic mass is 10.3. The van der Waals surface area contributed by atoms with Crippen LogP contribution in [0, 0.1) is 18.3 Å². The van der Waals surface area contributed by atoms with Gasteiger partial charge in [-0.1, -0.05) is 11.6 Å². The lowest BCUT2D eigenvalue weighted by Gasteiger charge is -2.03. The van der Waals surface area contributed by atoms with Crippen LogP contribution in [0.5, 0.6) is 0 Å². The first-order valence-electron chi connectivity index (χ1n) is 4.29. The predicted molar refractivity (Wildman–Crippen MR) is 55.8 cm³/mol. The summed E-state index contributed by atoms with van der Waals surface area (Å²) >= 11 is 5.89. The molecular formula is C10H7ClN4. The lowest BCUT2D eigenvalue weighted by molar-refractivity contribution is 0.844. The maximum Gasteiger partial charge on any atom is 0.142 e. The Labute approximate surface area is 91.7 Å². The van der Waals surface area contributed by atoms with E-state index >= 15 is 0 Å². The average molecular weight is 219 g/mol. The van der Waals surface area contributed by atoms with Crippen molar-refractivity contribution in [1.29, 1.82) is 5.26 Å². The third-order valence-corrected chi connectivity index (χ3v) is 2.42. The molecule has 2 rings (SSSR count). The van der Waals surface area contributed by atoms with Crippen molar-refractivity contribution in [1.82, 2.24) is 14.8 Å². The zero-order valence-electron chi connectivity index (χ0n) is 7.98. The van der Waals surface area contributed by atoms with Crippen LogP contribution in [0.1, 0.15) is 11.4 Å². The molecule has 0 aromatic carbocycles. The van der Waals surface area contributed by atoms with Gasteiger partial charge in [0.2, 0.25) is 0 Å². The Bertz CT molecular complexity index is 539. The summed E-state index contributed by atoms with van der Waals surface area (Å²) in [4.78, 5) is 3.88. The Morgan fingerprint density at radius 3 is 2.93 bits per heavy atom. The zero-order valence-corrected chi connectivity index (χ0v) is 8.73. The summed E-state index contributed by atoms with van der Waals surface area (Å²) in [6, 6.07) is 5.42. The fourth-order valence-electron chi connectivity index (χ4n) is 1.26. The van der Waals surface area contributed by atoms with Crippen LogP contribution in [-0.4, -0.2) is 14.8 Å². The van der Waals surface area contributed by atoms with Gasteiger partial charge >= 0.3 is 0 Å². The van der Waals surface area contributed by atoms with Crippen molar-refractivity contribution in [3.05, 3.63) is 40.9 Å². The van der Waals surface area contributed by atoms with Crippen LogP contribution in [-0.2, 0) is 0 Å². The van der Waals surface area contributed by atoms with Gasteiger partial charge in [-0.05, 0) is 13.0 Å². The van der Waals surface area contributed by atoms with Crippen LogP contribution in [0.4, 0.5) is 0 Å². The highest BCUT2D eigenvalue weighted by Crippen LogP contribution is 2.17. The van der Waals surface area contributed by atoms with Gasteiger partial charge in [0.15, 0.2) is 0 Å². The highest BCUT2D eigenvalue weighted by molar-refractivity contribution is 6.31. The molecule has 0 amide bonds. The van der Waals surface area contributed by atoms with Gasteiger partial charge in [-0.3, -0.25) is 0 Å². The van der Waals surface area contributed by atoms with E-state index in [-0.39, 0.29) is 0 Å². The van der Waals surface area contributed by atoms with Crippen LogP contribution in [0.3, 0.4) is 0 Å². The molecule has 2 aromatic heterocycles. The van der Waals surface area contributed by atoms with Crippen LogP contribution >= 0.6 is 11.6 Å². The molecule has 74 valence electrons. The van der Waals surface area contributed by atoms with Crippen molar-refractivity contribution >= 4 is 11.6 Å². The van der Waals surface area contributed by atoms with Crippen molar-refractivity contribution in [2.45, 2.75) is 6.92 Å². The number of pyridine rings is 1. The Hall–Kier alpha value is -1.86. The molecule has 0 saturated heterocycles. The van der Waals surface area contributed by atoms with Crippen molar-refractivity contribution < 1.29 is 0 Å². The Morgan fingerprint density at radius 2 is 2.33 bits per heavy atom. The van der Waals surface area contributed by atoms with Gasteiger partial charge < -0.3 is 0 Å². The van der Waals surface area contributed by atoms with Gasteiger partial charge in [-0.15, -0.1) is 0 Å². The van der Waals surface area contributed by atoms with E-state index in [0.29, 0.717) is 10.7 Å². The Balaban J connectivity index is 2.55. The number of hydrogen-bond donors (Lipinski definition) is 0. The number of hydrogen-bond acceptors (Lipinski definition) is 3. The first-order valence-corrected chi connectivity index (χ1v) is 4.67. The molecule has 0 fully saturated rings. The van der Waals surface area contributed by atoms with E-state index in [1.165, 1.54) is 0 Å². The zero-order chi connectivity index (χ0) is 10.8. The molecular weight excluding hydrogens is 212 g/mol. The number of rotatable bonds is 1. The first-order chi connectivity index (χ1) is 7.22. The number of halogens is 1. The first kappa shape index (κ1) is 9.69. The molecule has 0 atom stereocenters. The lowest BCUT2D eigenvalue weighted by Crippen LogP contribution is -1.99. The van der Waals surface area contributed by atoms with Gasteiger partial charge in [0.05, 0.1) is 22.6 Å². The van der Waals surface area contributed by atoms with E-state index in [9.17, 15) is 0 Å². The van der Waals surface area contributed by atoms with Crippen molar-refractivity contribution in [2.24, 2.45) is 0 Å². The predicted octanol–water partition coefficient (Wildman–Crippen LogP) is 2.10. The summed E-state index contributed by atoms with van der Waals surface area (Å²) in [7, 11) is 0. The van der Waals surface area contributed by atoms with Crippen molar-refractivity contribution in [3.8, 4) is 11.8 Å². The highest BCUT2D eigenvalue weighted by atomic mass is 35.5. The molecule has 15 heavy (non-hydrogen) atoms. The topological polar surface area (TPSA) is 54.5 Å². The summed E-state index contributed by atoms with van der Waals surface area (Å²) in [6.07, 6.45) is 3.15. The molecule has 0 aliphatic heterocycles. The minimum absolute atomic E-state index is 0.360. The second kappa shape index (κ2) is 3.71. The molecule has 5 heteroatoms. The van der Waals surface area contributed by atoms with E-state index in [0.717, 1.165) is 11.4 Å². The maximum absolute atomic E-state index is 8.72. The number of nitriles is 1. The molecule has 0 bridgehead atoms. The van der Waals surface area contributed by atoms with E-state index in [1.807, 2.05) is 13.0 Å². The number of aromatic nitrogens is 3. The third kappa shape index (κ3) is 1.69. The molecule has 0 aliphatic rings. The Morgan fingerprint density at radius 1 is 1.53 bits per heavy atom. The van der Waals surface area contributed by atoms with E-state index in [2.05, 4.69) is 10.1 Å². The smallest absolute Gasteiger partial charge is 0.142 e. The molecule has 0 unspecified atom stereocenters. The van der Waals surface area contributed by atoms with Gasteiger partial charge in [-0.25, -0.2) is 9.67 Å². The summed E-state index contributed by atoms with van der Waals surface area (Å²) in [5, 5.41) is 13.4. The minimum atomic E-state index is 0.360. The maximum atomic E-state index is 8.72. The molecule has 2 aromatic rings. The van der Waals surface area contributed by atoms with E-state index in [4.69, 9.17) is 16.9 Å². The Kier molecular flexibility index (Phi) is 2.40. The summed E-state index contributed by atoms with van der Waals surface area (Å²) < 4.78 is 1.67. The van der Waals surface area contributed by atoms with Gasteiger partial charge in [0.1, 0.15) is 11.8 Å². The third-order valence-electron chi connectivity index (χ3n) is 2.05. The molecule has 0 aliphatic carbocycles. The standard InChI is InChI=1S/C10H7ClN4/c1-7-10(11)6-14-15(7)9-2-3-13-8(4-9)5-12/h2-4,6H,1H3. The molecule has 0 saturated carbocycles. The summed E-state index contributed by atoms with van der Waals surface area (Å²) in [5.74, 6) is 0. The normalized spacial score (nSPS) is 9.93. The second-order valence-corrected chi connectivity index (χ2v) is 3.41. The molecule has 0 radical (unpaired) electrons. The molecule has 4 nitrogen and oxygen atoms in total. The fourth-order valence-corrected chi connectivity index (χ4v) is 1.39. The second-order valence-electron chi connectivity index (χ2n) is 3.00. The van der Waals surface area contributed by atoms with Crippen molar-refractivity contribution in [3.63, 3.8) is 0 Å². The molecule has 0 spiro atoms. The van der Waals surface area contributed by atoms with E-state index in [1.54, 1.807) is 29.2 Å². The van der Waals surface area contributed by atoms with Gasteiger partial charge in [-0.2, -0.15) is 10.4 Å². The summed E-state index contributed by atoms with van der Waals surface area (Å²) in [6.45, 7) is 1.86.